The lowest BCUT2D eigenvalue weighted by molar-refractivity contribution is -0.161. The number of hydrogen-bond donors (Lipinski definition) is 1. The third kappa shape index (κ3) is 33.3. The first-order valence-corrected chi connectivity index (χ1v) is 18.9. The largest absolute Gasteiger partial charge is 0.462 e. The van der Waals surface area contributed by atoms with Gasteiger partial charge in [0, 0.05) is 12.8 Å². The van der Waals surface area contributed by atoms with Crippen molar-refractivity contribution in [3.05, 3.63) is 24.3 Å². The van der Waals surface area contributed by atoms with Crippen LogP contribution in [0, 0.1) is 0 Å². The minimum absolute atomic E-state index is 0.0709. The van der Waals surface area contributed by atoms with Gasteiger partial charge in [-0.25, -0.2) is 0 Å². The van der Waals surface area contributed by atoms with Crippen LogP contribution in [0.2, 0.25) is 0 Å². The van der Waals surface area contributed by atoms with Gasteiger partial charge in [0.05, 0.1) is 6.61 Å². The molecule has 258 valence electrons. The fourth-order valence-corrected chi connectivity index (χ4v) is 5.31. The van der Waals surface area contributed by atoms with Crippen LogP contribution >= 0.6 is 0 Å². The highest BCUT2D eigenvalue weighted by atomic mass is 16.6. The molecule has 0 aliphatic carbocycles. The number of carbonyl (C=O) groups excluding carboxylic acids is 2. The van der Waals surface area contributed by atoms with Gasteiger partial charge in [0.25, 0.3) is 0 Å². The Bertz CT molecular complexity index is 671. The van der Waals surface area contributed by atoms with Crippen molar-refractivity contribution in [2.75, 3.05) is 13.2 Å². The predicted molar refractivity (Wildman–Crippen MR) is 187 cm³/mol. The number of carbonyl (C=O) groups is 2. The van der Waals surface area contributed by atoms with Crippen LogP contribution in [0.1, 0.15) is 194 Å². The van der Waals surface area contributed by atoms with E-state index in [1.165, 1.54) is 116 Å². The van der Waals surface area contributed by atoms with Crippen LogP contribution < -0.4 is 0 Å². The van der Waals surface area contributed by atoms with E-state index in [-0.39, 0.29) is 25.2 Å². The molecule has 0 aromatic rings. The third-order valence-corrected chi connectivity index (χ3v) is 8.22. The van der Waals surface area contributed by atoms with Gasteiger partial charge in [0.1, 0.15) is 6.61 Å². The van der Waals surface area contributed by atoms with Gasteiger partial charge in [-0.15, -0.1) is 0 Å². The summed E-state index contributed by atoms with van der Waals surface area (Å²) in [5.41, 5.74) is 0. The summed E-state index contributed by atoms with van der Waals surface area (Å²) in [6.07, 6.45) is 40.9. The van der Waals surface area contributed by atoms with E-state index in [1.807, 2.05) is 0 Å². The lowest BCUT2D eigenvalue weighted by atomic mass is 10.1. The maximum Gasteiger partial charge on any atom is 0.306 e. The molecule has 0 rings (SSSR count). The topological polar surface area (TPSA) is 72.8 Å². The fourth-order valence-electron chi connectivity index (χ4n) is 5.31. The van der Waals surface area contributed by atoms with Crippen LogP contribution in [0.15, 0.2) is 24.3 Å². The minimum Gasteiger partial charge on any atom is -0.462 e. The summed E-state index contributed by atoms with van der Waals surface area (Å²) in [7, 11) is 0. The van der Waals surface area contributed by atoms with E-state index < -0.39 is 6.10 Å². The molecule has 0 amide bonds. The molecule has 5 nitrogen and oxygen atoms in total. The molecule has 1 unspecified atom stereocenters. The van der Waals surface area contributed by atoms with Crippen molar-refractivity contribution in [2.45, 2.75) is 200 Å². The highest BCUT2D eigenvalue weighted by molar-refractivity contribution is 5.70. The molecule has 0 aliphatic rings. The zero-order valence-corrected chi connectivity index (χ0v) is 29.2. The van der Waals surface area contributed by atoms with Gasteiger partial charge in [-0.2, -0.15) is 0 Å². The lowest BCUT2D eigenvalue weighted by Crippen LogP contribution is -2.28. The smallest absolute Gasteiger partial charge is 0.306 e. The quantitative estimate of drug-likeness (QED) is 0.0440. The van der Waals surface area contributed by atoms with Gasteiger partial charge in [-0.05, 0) is 64.2 Å². The zero-order chi connectivity index (χ0) is 32.2. The standard InChI is InChI=1S/C39H72O5/c1-3-5-7-9-11-13-15-17-19-20-22-24-26-28-30-32-34-39(42)44-37(35-40)36-43-38(41)33-31-29-27-25-23-21-18-16-14-12-10-8-6-4-2/h16,18-20,37,40H,3-15,17,21-36H2,1-2H3/b18-16-,20-19-. The highest BCUT2D eigenvalue weighted by Gasteiger charge is 2.16. The van der Waals surface area contributed by atoms with E-state index in [2.05, 4.69) is 38.2 Å². The van der Waals surface area contributed by atoms with Crippen LogP contribution in [0.5, 0.6) is 0 Å². The third-order valence-electron chi connectivity index (χ3n) is 8.22. The van der Waals surface area contributed by atoms with Crippen molar-refractivity contribution >= 4 is 11.9 Å². The Labute approximate surface area is 273 Å². The van der Waals surface area contributed by atoms with Crippen molar-refractivity contribution in [2.24, 2.45) is 0 Å². The van der Waals surface area contributed by atoms with E-state index in [1.54, 1.807) is 0 Å². The monoisotopic (exact) mass is 621 g/mol. The maximum absolute atomic E-state index is 12.1. The SMILES string of the molecule is CCCCCCC/C=C\CCCCCCCC(=O)OCC(CO)OC(=O)CCCCCCC/C=C\CCCCCCCCC. The first-order valence-electron chi connectivity index (χ1n) is 18.9. The lowest BCUT2D eigenvalue weighted by Gasteiger charge is -2.15. The van der Waals surface area contributed by atoms with Gasteiger partial charge < -0.3 is 14.6 Å². The molecule has 0 spiro atoms. The summed E-state index contributed by atoms with van der Waals surface area (Å²) in [4.78, 5) is 24.2. The molecule has 0 radical (unpaired) electrons. The molecule has 0 aromatic carbocycles. The average molecular weight is 621 g/mol. The Morgan fingerprint density at radius 1 is 0.500 bits per heavy atom. The van der Waals surface area contributed by atoms with Crippen LogP contribution in [0.3, 0.4) is 0 Å². The Kier molecular flexibility index (Phi) is 34.5. The van der Waals surface area contributed by atoms with Crippen molar-refractivity contribution < 1.29 is 24.2 Å². The average Bonchev–Trinajstić information content (AvgIpc) is 3.02. The van der Waals surface area contributed by atoms with E-state index in [4.69, 9.17) is 9.47 Å². The zero-order valence-electron chi connectivity index (χ0n) is 29.2. The summed E-state index contributed by atoms with van der Waals surface area (Å²) in [5, 5.41) is 9.53. The molecule has 44 heavy (non-hydrogen) atoms. The van der Waals surface area contributed by atoms with E-state index in [9.17, 15) is 14.7 Å². The first kappa shape index (κ1) is 42.4. The van der Waals surface area contributed by atoms with Crippen LogP contribution in [-0.2, 0) is 19.1 Å². The van der Waals surface area contributed by atoms with Crippen molar-refractivity contribution in [3.63, 3.8) is 0 Å². The number of ether oxygens (including phenoxy) is 2. The molecule has 1 atom stereocenters. The molecule has 0 saturated carbocycles. The summed E-state index contributed by atoms with van der Waals surface area (Å²) >= 11 is 0. The van der Waals surface area contributed by atoms with Gasteiger partial charge in [0.2, 0.25) is 0 Å². The molecule has 0 fully saturated rings. The molecule has 5 heteroatoms. The molecule has 0 aromatic heterocycles. The van der Waals surface area contributed by atoms with Gasteiger partial charge in [0.15, 0.2) is 6.10 Å². The molecular formula is C39H72O5. The van der Waals surface area contributed by atoms with Gasteiger partial charge in [-0.1, -0.05) is 141 Å². The maximum atomic E-state index is 12.1. The number of aliphatic hydroxyl groups excluding tert-OH is 1. The number of unbranched alkanes of at least 4 members (excludes halogenated alkanes) is 22. The second-order valence-electron chi connectivity index (χ2n) is 12.6. The van der Waals surface area contributed by atoms with Gasteiger partial charge >= 0.3 is 11.9 Å². The molecule has 0 saturated heterocycles. The predicted octanol–water partition coefficient (Wildman–Crippen LogP) is 11.5. The van der Waals surface area contributed by atoms with E-state index >= 15 is 0 Å². The van der Waals surface area contributed by atoms with E-state index in [0.29, 0.717) is 12.8 Å². The minimum atomic E-state index is -0.774. The highest BCUT2D eigenvalue weighted by Crippen LogP contribution is 2.12. The number of allylic oxidation sites excluding steroid dienone is 4. The summed E-state index contributed by atoms with van der Waals surface area (Å²) < 4.78 is 10.6. The second kappa shape index (κ2) is 35.9. The molecular weight excluding hydrogens is 548 g/mol. The van der Waals surface area contributed by atoms with Crippen LogP contribution in [0.25, 0.3) is 0 Å². The van der Waals surface area contributed by atoms with Crippen molar-refractivity contribution in [1.29, 1.82) is 0 Å². The summed E-state index contributed by atoms with van der Waals surface area (Å²) in [6.45, 7) is 4.11. The summed E-state index contributed by atoms with van der Waals surface area (Å²) in [6, 6.07) is 0. The number of hydrogen-bond acceptors (Lipinski definition) is 5. The number of rotatable bonds is 34. The molecule has 0 heterocycles. The van der Waals surface area contributed by atoms with Crippen molar-refractivity contribution in [1.82, 2.24) is 0 Å². The fraction of sp³-hybridized carbons (Fsp3) is 0.846. The van der Waals surface area contributed by atoms with Gasteiger partial charge in [-0.3, -0.25) is 9.59 Å². The van der Waals surface area contributed by atoms with Crippen LogP contribution in [0.4, 0.5) is 0 Å². The normalized spacial score (nSPS) is 12.3. The van der Waals surface area contributed by atoms with Crippen LogP contribution in [-0.4, -0.2) is 36.4 Å². The number of esters is 2. The Morgan fingerprint density at radius 2 is 0.841 bits per heavy atom. The number of aliphatic hydroxyl groups is 1. The van der Waals surface area contributed by atoms with E-state index in [0.717, 1.165) is 51.4 Å². The Hall–Kier alpha value is -1.62. The second-order valence-corrected chi connectivity index (χ2v) is 12.6. The Balaban J connectivity index is 3.58. The summed E-state index contributed by atoms with van der Waals surface area (Å²) in [5.74, 6) is -0.607. The molecule has 0 aliphatic heterocycles. The molecule has 1 N–H and O–H groups in total. The van der Waals surface area contributed by atoms with Crippen molar-refractivity contribution in [3.8, 4) is 0 Å². The molecule has 0 bridgehead atoms. The first-order chi connectivity index (χ1) is 21.6. The Morgan fingerprint density at radius 3 is 1.23 bits per heavy atom.